The molecule has 0 bridgehead atoms. The van der Waals surface area contributed by atoms with Crippen LogP contribution in [-0.2, 0) is 17.8 Å². The van der Waals surface area contributed by atoms with Crippen molar-refractivity contribution in [2.75, 3.05) is 6.54 Å². The fraction of sp³-hybridized carbons (Fsp3) is 0.562. The quantitative estimate of drug-likeness (QED) is 0.886. The maximum atomic E-state index is 11.1. The molecule has 2 rings (SSSR count). The lowest BCUT2D eigenvalue weighted by atomic mass is 10.0. The van der Waals surface area contributed by atoms with Gasteiger partial charge in [-0.1, -0.05) is 38.1 Å². The van der Waals surface area contributed by atoms with E-state index in [9.17, 15) is 4.79 Å². The molecule has 3 nitrogen and oxygen atoms in total. The molecule has 104 valence electrons. The number of rotatable bonds is 5. The number of likely N-dealkylation sites (tertiary alicyclic amines) is 1. The Bertz CT molecular complexity index is 425. The van der Waals surface area contributed by atoms with E-state index in [2.05, 4.69) is 43.0 Å². The van der Waals surface area contributed by atoms with Crippen molar-refractivity contribution in [3.63, 3.8) is 0 Å². The van der Waals surface area contributed by atoms with Gasteiger partial charge in [0.25, 0.3) is 0 Å². The average molecular weight is 261 g/mol. The molecular formula is C16H23NO2. The van der Waals surface area contributed by atoms with E-state index in [1.807, 2.05) is 0 Å². The van der Waals surface area contributed by atoms with E-state index in [4.69, 9.17) is 5.11 Å². The van der Waals surface area contributed by atoms with E-state index < -0.39 is 5.97 Å². The van der Waals surface area contributed by atoms with Crippen molar-refractivity contribution in [3.8, 4) is 0 Å². The van der Waals surface area contributed by atoms with Crippen molar-refractivity contribution in [3.05, 3.63) is 35.4 Å². The number of carboxylic acids is 1. The van der Waals surface area contributed by atoms with Gasteiger partial charge >= 0.3 is 5.97 Å². The van der Waals surface area contributed by atoms with Crippen molar-refractivity contribution < 1.29 is 9.90 Å². The molecule has 1 aromatic carbocycles. The molecule has 1 aliphatic rings. The highest BCUT2D eigenvalue weighted by Gasteiger charge is 2.30. The predicted molar refractivity (Wildman–Crippen MR) is 76.1 cm³/mol. The van der Waals surface area contributed by atoms with Gasteiger partial charge in [0.05, 0.1) is 0 Å². The third-order valence-corrected chi connectivity index (χ3v) is 3.70. The molecule has 0 amide bonds. The summed E-state index contributed by atoms with van der Waals surface area (Å²) < 4.78 is 0. The maximum Gasteiger partial charge on any atom is 0.320 e. The van der Waals surface area contributed by atoms with E-state index in [1.165, 1.54) is 11.1 Å². The second kappa shape index (κ2) is 6.20. The normalized spacial score (nSPS) is 20.1. The molecule has 3 heteroatoms. The summed E-state index contributed by atoms with van der Waals surface area (Å²) in [5.41, 5.74) is 2.57. The Balaban J connectivity index is 1.97. The summed E-state index contributed by atoms with van der Waals surface area (Å²) in [4.78, 5) is 13.2. The van der Waals surface area contributed by atoms with Crippen LogP contribution >= 0.6 is 0 Å². The summed E-state index contributed by atoms with van der Waals surface area (Å²) in [7, 11) is 0. The number of nitrogens with zero attached hydrogens (tertiary/aromatic N) is 1. The highest BCUT2D eigenvalue weighted by Crippen LogP contribution is 2.20. The van der Waals surface area contributed by atoms with E-state index >= 15 is 0 Å². The molecule has 1 aromatic rings. The Morgan fingerprint density at radius 2 is 1.95 bits per heavy atom. The van der Waals surface area contributed by atoms with Crippen LogP contribution in [0.1, 0.15) is 37.8 Å². The molecule has 0 aromatic heterocycles. The van der Waals surface area contributed by atoms with Crippen LogP contribution in [0.4, 0.5) is 0 Å². The van der Waals surface area contributed by atoms with Crippen LogP contribution < -0.4 is 0 Å². The predicted octanol–water partition coefficient (Wildman–Crippen LogP) is 2.93. The number of benzene rings is 1. The Labute approximate surface area is 115 Å². The molecule has 0 spiro atoms. The zero-order valence-corrected chi connectivity index (χ0v) is 11.8. The average Bonchev–Trinajstić information content (AvgIpc) is 2.79. The van der Waals surface area contributed by atoms with E-state index in [1.54, 1.807) is 0 Å². The lowest BCUT2D eigenvalue weighted by Gasteiger charge is -2.21. The minimum absolute atomic E-state index is 0.296. The zero-order chi connectivity index (χ0) is 13.8. The van der Waals surface area contributed by atoms with Crippen LogP contribution in [0.2, 0.25) is 0 Å². The number of hydrogen-bond acceptors (Lipinski definition) is 2. The minimum atomic E-state index is -0.686. The Morgan fingerprint density at radius 1 is 1.32 bits per heavy atom. The molecule has 1 atom stereocenters. The number of carbonyl (C=O) groups is 1. The molecule has 0 unspecified atom stereocenters. The molecule has 1 N–H and O–H groups in total. The number of hydrogen-bond donors (Lipinski definition) is 1. The first kappa shape index (κ1) is 14.1. The molecule has 1 heterocycles. The highest BCUT2D eigenvalue weighted by molar-refractivity contribution is 5.73. The van der Waals surface area contributed by atoms with E-state index in [0.29, 0.717) is 5.92 Å². The SMILES string of the molecule is CC(C)Cc1ccc(CN2CCC[C@@H]2C(=O)O)cc1. The molecule has 0 aliphatic carbocycles. The van der Waals surface area contributed by atoms with Gasteiger partial charge in [0, 0.05) is 6.54 Å². The van der Waals surface area contributed by atoms with Crippen LogP contribution in [0.25, 0.3) is 0 Å². The largest absolute Gasteiger partial charge is 0.480 e. The van der Waals surface area contributed by atoms with Gasteiger partial charge in [-0.2, -0.15) is 0 Å². The zero-order valence-electron chi connectivity index (χ0n) is 11.8. The van der Waals surface area contributed by atoms with Gasteiger partial charge in [0.15, 0.2) is 0 Å². The summed E-state index contributed by atoms with van der Waals surface area (Å²) in [6.07, 6.45) is 2.87. The van der Waals surface area contributed by atoms with Gasteiger partial charge in [-0.25, -0.2) is 0 Å². The van der Waals surface area contributed by atoms with Gasteiger partial charge in [-0.05, 0) is 42.9 Å². The third kappa shape index (κ3) is 3.80. The molecule has 0 radical (unpaired) electrons. The molecule has 1 fully saturated rings. The highest BCUT2D eigenvalue weighted by atomic mass is 16.4. The number of carboxylic acid groups (broad SMARTS) is 1. The van der Waals surface area contributed by atoms with E-state index in [-0.39, 0.29) is 6.04 Å². The fourth-order valence-corrected chi connectivity index (χ4v) is 2.78. The Morgan fingerprint density at radius 3 is 2.53 bits per heavy atom. The molecule has 0 saturated carbocycles. The first-order valence-electron chi connectivity index (χ1n) is 7.11. The van der Waals surface area contributed by atoms with Crippen LogP contribution in [0.3, 0.4) is 0 Å². The topological polar surface area (TPSA) is 40.5 Å². The lowest BCUT2D eigenvalue weighted by molar-refractivity contribution is -0.142. The Hall–Kier alpha value is -1.35. The summed E-state index contributed by atoms with van der Waals surface area (Å²) in [6.45, 7) is 6.08. The molecular weight excluding hydrogens is 238 g/mol. The van der Waals surface area contributed by atoms with E-state index in [0.717, 1.165) is 32.4 Å². The maximum absolute atomic E-state index is 11.1. The van der Waals surface area contributed by atoms with Gasteiger partial charge in [-0.15, -0.1) is 0 Å². The molecule has 1 saturated heterocycles. The fourth-order valence-electron chi connectivity index (χ4n) is 2.78. The van der Waals surface area contributed by atoms with Gasteiger partial charge in [0.2, 0.25) is 0 Å². The molecule has 19 heavy (non-hydrogen) atoms. The second-order valence-electron chi connectivity index (χ2n) is 5.88. The first-order chi connectivity index (χ1) is 9.06. The smallest absolute Gasteiger partial charge is 0.320 e. The minimum Gasteiger partial charge on any atom is -0.480 e. The lowest BCUT2D eigenvalue weighted by Crippen LogP contribution is -2.35. The summed E-state index contributed by atoms with van der Waals surface area (Å²) in [5.74, 6) is -0.0187. The standard InChI is InChI=1S/C16H23NO2/c1-12(2)10-13-5-7-14(8-6-13)11-17-9-3-4-15(17)16(18)19/h5-8,12,15H,3-4,9-11H2,1-2H3,(H,18,19)/t15-/m1/s1. The van der Waals surface area contributed by atoms with Crippen LogP contribution in [0.5, 0.6) is 0 Å². The monoisotopic (exact) mass is 261 g/mol. The van der Waals surface area contributed by atoms with Crippen molar-refractivity contribution in [1.29, 1.82) is 0 Å². The third-order valence-electron chi connectivity index (χ3n) is 3.70. The van der Waals surface area contributed by atoms with Gasteiger partial charge in [0.1, 0.15) is 6.04 Å². The summed E-state index contributed by atoms with van der Waals surface area (Å²) in [5, 5.41) is 9.16. The van der Waals surface area contributed by atoms with Crippen LogP contribution in [0.15, 0.2) is 24.3 Å². The summed E-state index contributed by atoms with van der Waals surface area (Å²) in [6, 6.07) is 8.31. The van der Waals surface area contributed by atoms with Crippen molar-refractivity contribution in [1.82, 2.24) is 4.90 Å². The summed E-state index contributed by atoms with van der Waals surface area (Å²) >= 11 is 0. The van der Waals surface area contributed by atoms with Gasteiger partial charge < -0.3 is 5.11 Å². The Kier molecular flexibility index (Phi) is 4.59. The molecule has 1 aliphatic heterocycles. The van der Waals surface area contributed by atoms with Crippen LogP contribution in [0, 0.1) is 5.92 Å². The van der Waals surface area contributed by atoms with Crippen molar-refractivity contribution in [2.45, 2.75) is 45.7 Å². The van der Waals surface area contributed by atoms with Crippen LogP contribution in [-0.4, -0.2) is 28.6 Å². The van der Waals surface area contributed by atoms with Gasteiger partial charge in [-0.3, -0.25) is 9.69 Å². The first-order valence-corrected chi connectivity index (χ1v) is 7.11. The van der Waals surface area contributed by atoms with Crippen molar-refractivity contribution >= 4 is 5.97 Å². The number of aliphatic carboxylic acids is 1. The van der Waals surface area contributed by atoms with Crippen molar-refractivity contribution in [2.24, 2.45) is 5.92 Å². The second-order valence-corrected chi connectivity index (χ2v) is 5.88.